The maximum Gasteiger partial charge on any atom is 0.252 e. The number of hydrogen-bond donors (Lipinski definition) is 2. The molecule has 0 saturated carbocycles. The van der Waals surface area contributed by atoms with Gasteiger partial charge in [-0.15, -0.1) is 0 Å². The van der Waals surface area contributed by atoms with Crippen LogP contribution in [0.25, 0.3) is 0 Å². The molecule has 2 aromatic rings. The van der Waals surface area contributed by atoms with Crippen molar-refractivity contribution in [3.63, 3.8) is 0 Å². The Kier molecular flexibility index (Phi) is 4.79. The van der Waals surface area contributed by atoms with E-state index in [0.717, 1.165) is 18.0 Å². The molecule has 0 spiro atoms. The molecule has 5 heteroatoms. The van der Waals surface area contributed by atoms with Gasteiger partial charge in [0, 0.05) is 23.6 Å². The van der Waals surface area contributed by atoms with E-state index in [1.165, 1.54) is 11.6 Å². The van der Waals surface area contributed by atoms with Gasteiger partial charge >= 0.3 is 0 Å². The highest BCUT2D eigenvalue weighted by molar-refractivity contribution is 6.30. The van der Waals surface area contributed by atoms with Crippen LogP contribution in [0.2, 0.25) is 5.02 Å². The monoisotopic (exact) mass is 291 g/mol. The third-order valence-electron chi connectivity index (χ3n) is 2.94. The molecule has 0 fully saturated rings. The van der Waals surface area contributed by atoms with Gasteiger partial charge in [0.05, 0.1) is 0 Å². The van der Waals surface area contributed by atoms with Crippen LogP contribution >= 0.6 is 11.6 Å². The lowest BCUT2D eigenvalue weighted by molar-refractivity contribution is 0.766. The van der Waals surface area contributed by atoms with Gasteiger partial charge in [0.1, 0.15) is 11.6 Å². The van der Waals surface area contributed by atoms with Crippen molar-refractivity contribution in [2.75, 3.05) is 11.9 Å². The highest BCUT2D eigenvalue weighted by Gasteiger charge is 2.04. The molecule has 1 aromatic carbocycles. The lowest BCUT2D eigenvalue weighted by Gasteiger charge is -2.09. The highest BCUT2D eigenvalue weighted by Crippen LogP contribution is 2.11. The van der Waals surface area contributed by atoms with E-state index in [0.29, 0.717) is 11.6 Å². The number of halogens is 1. The normalized spacial score (nSPS) is 10.8. The van der Waals surface area contributed by atoms with Crippen LogP contribution in [0.5, 0.6) is 0 Å². The van der Waals surface area contributed by atoms with Crippen LogP contribution < -0.4 is 10.9 Å². The maximum atomic E-state index is 11.5. The third kappa shape index (κ3) is 4.10. The van der Waals surface area contributed by atoms with Crippen LogP contribution in [0, 0.1) is 0 Å². The molecule has 0 unspecified atom stereocenters. The van der Waals surface area contributed by atoms with Gasteiger partial charge in [0.15, 0.2) is 0 Å². The average Bonchev–Trinajstić information content (AvgIpc) is 2.40. The van der Waals surface area contributed by atoms with Gasteiger partial charge in [0.2, 0.25) is 0 Å². The van der Waals surface area contributed by atoms with E-state index in [-0.39, 0.29) is 11.5 Å². The molecule has 0 aliphatic heterocycles. The molecule has 4 nitrogen and oxygen atoms in total. The lowest BCUT2D eigenvalue weighted by atomic mass is 10.1. The zero-order valence-corrected chi connectivity index (χ0v) is 12.4. The Labute approximate surface area is 123 Å². The molecule has 2 rings (SSSR count). The minimum absolute atomic E-state index is 0.127. The summed E-state index contributed by atoms with van der Waals surface area (Å²) < 4.78 is 0. The smallest absolute Gasteiger partial charge is 0.252 e. The number of rotatable bonds is 5. The molecule has 2 N–H and O–H groups in total. The fourth-order valence-electron chi connectivity index (χ4n) is 1.83. The van der Waals surface area contributed by atoms with Crippen molar-refractivity contribution in [1.82, 2.24) is 9.97 Å². The van der Waals surface area contributed by atoms with Crippen LogP contribution in [0.4, 0.5) is 5.82 Å². The Balaban J connectivity index is 1.97. The van der Waals surface area contributed by atoms with Crippen molar-refractivity contribution in [3.8, 4) is 0 Å². The SMILES string of the molecule is CC(C)c1nc(NCCc2ccc(Cl)cc2)cc(=O)[nH]1. The second-order valence-corrected chi connectivity index (χ2v) is 5.41. The van der Waals surface area contributed by atoms with Crippen molar-refractivity contribution < 1.29 is 0 Å². The van der Waals surface area contributed by atoms with Crippen molar-refractivity contribution in [1.29, 1.82) is 0 Å². The van der Waals surface area contributed by atoms with Gasteiger partial charge in [-0.2, -0.15) is 0 Å². The predicted octanol–water partition coefficient (Wildman–Crippen LogP) is 3.20. The molecule has 0 aliphatic carbocycles. The number of benzene rings is 1. The number of hydrogen-bond acceptors (Lipinski definition) is 3. The fourth-order valence-corrected chi connectivity index (χ4v) is 1.95. The summed E-state index contributed by atoms with van der Waals surface area (Å²) in [6.45, 7) is 4.71. The highest BCUT2D eigenvalue weighted by atomic mass is 35.5. The summed E-state index contributed by atoms with van der Waals surface area (Å²) in [5, 5.41) is 3.92. The first-order valence-electron chi connectivity index (χ1n) is 6.64. The van der Waals surface area contributed by atoms with E-state index in [4.69, 9.17) is 11.6 Å². The number of H-pyrrole nitrogens is 1. The summed E-state index contributed by atoms with van der Waals surface area (Å²) in [7, 11) is 0. The van der Waals surface area contributed by atoms with Crippen LogP contribution in [0.3, 0.4) is 0 Å². The van der Waals surface area contributed by atoms with Gasteiger partial charge in [0.25, 0.3) is 5.56 Å². The first-order chi connectivity index (χ1) is 9.54. The molecule has 1 heterocycles. The van der Waals surface area contributed by atoms with E-state index in [9.17, 15) is 4.79 Å². The minimum atomic E-state index is -0.127. The largest absolute Gasteiger partial charge is 0.370 e. The quantitative estimate of drug-likeness (QED) is 0.889. The topological polar surface area (TPSA) is 57.8 Å². The number of anilines is 1. The van der Waals surface area contributed by atoms with Gasteiger partial charge < -0.3 is 10.3 Å². The number of nitrogens with zero attached hydrogens (tertiary/aromatic N) is 1. The Bertz CT molecular complexity index is 620. The molecule has 0 bridgehead atoms. The first kappa shape index (κ1) is 14.6. The summed E-state index contributed by atoms with van der Waals surface area (Å²) >= 11 is 5.84. The lowest BCUT2D eigenvalue weighted by Crippen LogP contribution is -2.15. The predicted molar refractivity (Wildman–Crippen MR) is 82.6 cm³/mol. The third-order valence-corrected chi connectivity index (χ3v) is 3.19. The number of aromatic nitrogens is 2. The van der Waals surface area contributed by atoms with Gasteiger partial charge in [-0.05, 0) is 24.1 Å². The van der Waals surface area contributed by atoms with Crippen molar-refractivity contribution in [2.45, 2.75) is 26.2 Å². The van der Waals surface area contributed by atoms with E-state index in [1.807, 2.05) is 38.1 Å². The van der Waals surface area contributed by atoms with Gasteiger partial charge in [-0.1, -0.05) is 37.6 Å². The molecule has 1 aromatic heterocycles. The van der Waals surface area contributed by atoms with Crippen LogP contribution in [0.1, 0.15) is 31.2 Å². The molecule has 0 amide bonds. The van der Waals surface area contributed by atoms with E-state index in [1.54, 1.807) is 0 Å². The summed E-state index contributed by atoms with van der Waals surface area (Å²) in [5.74, 6) is 1.51. The minimum Gasteiger partial charge on any atom is -0.370 e. The molecular formula is C15H18ClN3O. The molecule has 106 valence electrons. The maximum absolute atomic E-state index is 11.5. The molecule has 0 atom stereocenters. The molecule has 20 heavy (non-hydrogen) atoms. The second-order valence-electron chi connectivity index (χ2n) is 4.97. The molecule has 0 saturated heterocycles. The van der Waals surface area contributed by atoms with Crippen LogP contribution in [0.15, 0.2) is 35.1 Å². The van der Waals surface area contributed by atoms with Gasteiger partial charge in [-0.25, -0.2) is 4.98 Å². The molecule has 0 aliphatic rings. The van der Waals surface area contributed by atoms with E-state index >= 15 is 0 Å². The Morgan fingerprint density at radius 1 is 1.30 bits per heavy atom. The van der Waals surface area contributed by atoms with Crippen molar-refractivity contribution >= 4 is 17.4 Å². The summed E-state index contributed by atoms with van der Waals surface area (Å²) in [5.41, 5.74) is 1.06. The molecular weight excluding hydrogens is 274 g/mol. The van der Waals surface area contributed by atoms with Crippen molar-refractivity contribution in [2.24, 2.45) is 0 Å². The molecule has 0 radical (unpaired) electrons. The van der Waals surface area contributed by atoms with E-state index < -0.39 is 0 Å². The summed E-state index contributed by atoms with van der Waals surface area (Å²) in [4.78, 5) is 18.7. The van der Waals surface area contributed by atoms with E-state index in [2.05, 4.69) is 15.3 Å². The Morgan fingerprint density at radius 3 is 2.65 bits per heavy atom. The average molecular weight is 292 g/mol. The zero-order valence-electron chi connectivity index (χ0n) is 11.6. The standard InChI is InChI=1S/C15H18ClN3O/c1-10(2)15-18-13(9-14(20)19-15)17-8-7-11-3-5-12(16)6-4-11/h3-6,9-10H,7-8H2,1-2H3,(H2,17,18,19,20). The second kappa shape index (κ2) is 6.57. The van der Waals surface area contributed by atoms with Gasteiger partial charge in [-0.3, -0.25) is 4.79 Å². The van der Waals surface area contributed by atoms with Crippen LogP contribution in [-0.4, -0.2) is 16.5 Å². The van der Waals surface area contributed by atoms with Crippen molar-refractivity contribution in [3.05, 3.63) is 57.1 Å². The Hall–Kier alpha value is -1.81. The number of aromatic amines is 1. The van der Waals surface area contributed by atoms with Crippen LogP contribution in [-0.2, 0) is 6.42 Å². The zero-order chi connectivity index (χ0) is 14.5. The Morgan fingerprint density at radius 2 is 2.00 bits per heavy atom. The first-order valence-corrected chi connectivity index (χ1v) is 7.02. The summed E-state index contributed by atoms with van der Waals surface area (Å²) in [6.07, 6.45) is 0.850. The fraction of sp³-hybridized carbons (Fsp3) is 0.333. The number of nitrogens with one attached hydrogen (secondary N) is 2. The summed E-state index contributed by atoms with van der Waals surface area (Å²) in [6, 6.07) is 9.22.